The quantitative estimate of drug-likeness (QED) is 0.333. The summed E-state index contributed by atoms with van der Waals surface area (Å²) in [5.74, 6) is -0.819. The number of hydrogen-bond donors (Lipinski definition) is 0. The predicted octanol–water partition coefficient (Wildman–Crippen LogP) is 3.64. The first-order chi connectivity index (χ1) is 12.2. The highest BCUT2D eigenvalue weighted by molar-refractivity contribution is 5.91. The Hall–Kier alpha value is -1.88. The number of hydrogen-bond acceptors (Lipinski definition) is 5. The number of ether oxygens (including phenoxy) is 3. The van der Waals surface area contributed by atoms with E-state index >= 15 is 0 Å². The van der Waals surface area contributed by atoms with E-state index in [0.717, 1.165) is 24.0 Å². The van der Waals surface area contributed by atoms with Gasteiger partial charge in [0, 0.05) is 11.5 Å². The number of allylic oxidation sites excluding steroid dienone is 2. The Balaban J connectivity index is 1.82. The van der Waals surface area contributed by atoms with Gasteiger partial charge in [0.2, 0.25) is 0 Å². The van der Waals surface area contributed by atoms with E-state index in [1.165, 1.54) is 0 Å². The van der Waals surface area contributed by atoms with E-state index in [2.05, 4.69) is 19.6 Å². The number of esters is 2. The Morgan fingerprint density at radius 1 is 1.50 bits per heavy atom. The van der Waals surface area contributed by atoms with Crippen molar-refractivity contribution in [3.05, 3.63) is 35.5 Å². The Morgan fingerprint density at radius 3 is 2.92 bits per heavy atom. The summed E-state index contributed by atoms with van der Waals surface area (Å²) in [4.78, 5) is 24.4. The van der Waals surface area contributed by atoms with Gasteiger partial charge in [0.1, 0.15) is 18.3 Å². The van der Waals surface area contributed by atoms with Crippen molar-refractivity contribution in [3.63, 3.8) is 0 Å². The molecule has 0 bridgehead atoms. The summed E-state index contributed by atoms with van der Waals surface area (Å²) in [5.41, 5.74) is 2.18. The monoisotopic (exact) mass is 360 g/mol. The molecule has 0 spiro atoms. The molecule has 0 saturated carbocycles. The molecular formula is C21H28O5. The fourth-order valence-corrected chi connectivity index (χ4v) is 3.86. The van der Waals surface area contributed by atoms with Crippen LogP contribution in [0.3, 0.4) is 0 Å². The van der Waals surface area contributed by atoms with E-state index in [-0.39, 0.29) is 48.2 Å². The zero-order valence-corrected chi connectivity index (χ0v) is 16.0. The van der Waals surface area contributed by atoms with E-state index in [4.69, 9.17) is 14.2 Å². The molecule has 5 nitrogen and oxygen atoms in total. The molecule has 2 aliphatic heterocycles. The average Bonchev–Trinajstić information content (AvgIpc) is 3.17. The second-order valence-corrected chi connectivity index (χ2v) is 7.87. The van der Waals surface area contributed by atoms with Crippen molar-refractivity contribution in [1.29, 1.82) is 0 Å². The van der Waals surface area contributed by atoms with Crippen LogP contribution in [0.5, 0.6) is 0 Å². The molecule has 0 aromatic carbocycles. The van der Waals surface area contributed by atoms with Gasteiger partial charge in [-0.2, -0.15) is 0 Å². The van der Waals surface area contributed by atoms with Crippen LogP contribution < -0.4 is 0 Å². The van der Waals surface area contributed by atoms with Crippen LogP contribution in [0.1, 0.15) is 53.4 Å². The third-order valence-corrected chi connectivity index (χ3v) is 5.86. The first-order valence-electron chi connectivity index (χ1n) is 9.30. The van der Waals surface area contributed by atoms with E-state index in [0.29, 0.717) is 12.0 Å². The number of carbonyl (C=O) groups is 2. The van der Waals surface area contributed by atoms with E-state index in [1.54, 1.807) is 0 Å². The number of fused-ring (bicyclic) bond motifs is 3. The summed E-state index contributed by atoms with van der Waals surface area (Å²) in [5, 5.41) is 0. The van der Waals surface area contributed by atoms with Crippen LogP contribution in [0.15, 0.2) is 35.5 Å². The lowest BCUT2D eigenvalue weighted by atomic mass is 9.83. The minimum atomic E-state index is -0.381. The van der Waals surface area contributed by atoms with Crippen LogP contribution in [-0.4, -0.2) is 35.9 Å². The highest BCUT2D eigenvalue weighted by Crippen LogP contribution is 2.50. The molecule has 2 fully saturated rings. The van der Waals surface area contributed by atoms with E-state index in [9.17, 15) is 9.59 Å². The van der Waals surface area contributed by atoms with Crippen LogP contribution in [-0.2, 0) is 23.8 Å². The van der Waals surface area contributed by atoms with Gasteiger partial charge in [0.05, 0.1) is 12.0 Å². The molecule has 0 aromatic heterocycles. The van der Waals surface area contributed by atoms with Crippen molar-refractivity contribution in [3.8, 4) is 0 Å². The van der Waals surface area contributed by atoms with Gasteiger partial charge >= 0.3 is 11.9 Å². The third-order valence-electron chi connectivity index (χ3n) is 5.86. The Kier molecular flexibility index (Phi) is 5.11. The molecule has 0 aromatic rings. The molecule has 0 unspecified atom stereocenters. The van der Waals surface area contributed by atoms with Crippen LogP contribution in [0, 0.1) is 5.92 Å². The molecule has 1 aliphatic carbocycles. The van der Waals surface area contributed by atoms with Gasteiger partial charge in [-0.25, -0.2) is 4.79 Å². The van der Waals surface area contributed by atoms with Gasteiger partial charge in [-0.3, -0.25) is 4.79 Å². The number of carbonyl (C=O) groups excluding carboxylic acids is 2. The largest absolute Gasteiger partial charge is 0.458 e. The fraction of sp³-hybridized carbons (Fsp3) is 0.619. The maximum absolute atomic E-state index is 12.3. The van der Waals surface area contributed by atoms with Gasteiger partial charge in [0.15, 0.2) is 0 Å². The van der Waals surface area contributed by atoms with Gasteiger partial charge in [-0.1, -0.05) is 24.3 Å². The second kappa shape index (κ2) is 7.03. The molecule has 0 radical (unpaired) electrons. The maximum Gasteiger partial charge on any atom is 0.334 e. The summed E-state index contributed by atoms with van der Waals surface area (Å²) in [6.07, 6.45) is 5.65. The molecule has 0 N–H and O–H groups in total. The highest BCUT2D eigenvalue weighted by atomic mass is 16.6. The lowest BCUT2D eigenvalue weighted by molar-refractivity contribution is -0.148. The zero-order chi connectivity index (χ0) is 19.1. The molecular weight excluding hydrogens is 332 g/mol. The van der Waals surface area contributed by atoms with Gasteiger partial charge in [-0.15, -0.1) is 0 Å². The molecule has 142 valence electrons. The van der Waals surface area contributed by atoms with Crippen molar-refractivity contribution in [2.24, 2.45) is 5.92 Å². The van der Waals surface area contributed by atoms with Gasteiger partial charge in [0.25, 0.3) is 0 Å². The Labute approximate surface area is 155 Å². The standard InChI is InChI=1S/C21H28O5/c1-6-12(2)10-17(22)24-16-11-15-14(4)20(23)25-18(15)19-21(5,26-19)9-7-8-13(16)3/h6,8,15-16,18-19H,4,7,9-11H2,1-3,5H3/b12-6+,13-8?/t15-,16-,18-,19+,21+/m0/s1. The highest BCUT2D eigenvalue weighted by Gasteiger charge is 2.61. The second-order valence-electron chi connectivity index (χ2n) is 7.87. The van der Waals surface area contributed by atoms with Crippen molar-refractivity contribution in [1.82, 2.24) is 0 Å². The summed E-state index contributed by atoms with van der Waals surface area (Å²) in [6.45, 7) is 11.8. The Bertz CT molecular complexity index is 689. The summed E-state index contributed by atoms with van der Waals surface area (Å²) in [7, 11) is 0. The average molecular weight is 360 g/mol. The fourth-order valence-electron chi connectivity index (χ4n) is 3.86. The normalized spacial score (nSPS) is 37.2. The van der Waals surface area contributed by atoms with Gasteiger partial charge in [-0.05, 0) is 52.5 Å². The SMILES string of the molecule is C=C1C(=O)O[C@@H]2[C@H]3O[C@]3(C)CCC=C(C)[C@@H](OC(=O)C/C(C)=C/C)C[C@@H]12. The maximum atomic E-state index is 12.3. The smallest absolute Gasteiger partial charge is 0.334 e. The summed E-state index contributed by atoms with van der Waals surface area (Å²) < 4.78 is 17.2. The van der Waals surface area contributed by atoms with Crippen molar-refractivity contribution in [2.45, 2.75) is 77.3 Å². The predicted molar refractivity (Wildman–Crippen MR) is 97.3 cm³/mol. The van der Waals surface area contributed by atoms with Crippen molar-refractivity contribution >= 4 is 11.9 Å². The van der Waals surface area contributed by atoms with Crippen molar-refractivity contribution < 1.29 is 23.8 Å². The minimum absolute atomic E-state index is 0.107. The third kappa shape index (κ3) is 3.63. The van der Waals surface area contributed by atoms with E-state index < -0.39 is 0 Å². The van der Waals surface area contributed by atoms with Gasteiger partial charge < -0.3 is 14.2 Å². The zero-order valence-electron chi connectivity index (χ0n) is 16.0. The minimum Gasteiger partial charge on any atom is -0.458 e. The summed E-state index contributed by atoms with van der Waals surface area (Å²) in [6, 6.07) is 0. The molecule has 5 atom stereocenters. The van der Waals surface area contributed by atoms with Crippen molar-refractivity contribution in [2.75, 3.05) is 0 Å². The molecule has 3 rings (SSSR count). The number of epoxide rings is 1. The molecule has 3 aliphatic rings. The molecule has 2 saturated heterocycles. The molecule has 2 heterocycles. The van der Waals surface area contributed by atoms with Crippen LogP contribution in [0.2, 0.25) is 0 Å². The number of rotatable bonds is 3. The molecule has 5 heteroatoms. The lowest BCUT2D eigenvalue weighted by Crippen LogP contribution is -2.33. The van der Waals surface area contributed by atoms with Crippen LogP contribution in [0.4, 0.5) is 0 Å². The van der Waals surface area contributed by atoms with Crippen LogP contribution in [0.25, 0.3) is 0 Å². The Morgan fingerprint density at radius 2 is 2.23 bits per heavy atom. The lowest BCUT2D eigenvalue weighted by Gasteiger charge is -2.25. The topological polar surface area (TPSA) is 65.1 Å². The molecule has 0 amide bonds. The van der Waals surface area contributed by atoms with E-state index in [1.807, 2.05) is 26.8 Å². The summed E-state index contributed by atoms with van der Waals surface area (Å²) >= 11 is 0. The first kappa shape index (κ1) is 18.9. The molecule has 26 heavy (non-hydrogen) atoms. The first-order valence-corrected chi connectivity index (χ1v) is 9.30. The van der Waals surface area contributed by atoms with Crippen LogP contribution >= 0.6 is 0 Å².